The highest BCUT2D eigenvalue weighted by Gasteiger charge is 2.47. The number of aliphatic hydroxyl groups is 1. The van der Waals surface area contributed by atoms with Crippen LogP contribution < -0.4 is 19.7 Å². The number of ether oxygens (including phenoxy) is 2. The van der Waals surface area contributed by atoms with E-state index in [1.165, 1.54) is 38.2 Å². The molecule has 9 heteroatoms. The predicted molar refractivity (Wildman–Crippen MR) is 137 cm³/mol. The van der Waals surface area contributed by atoms with Crippen molar-refractivity contribution in [1.29, 1.82) is 0 Å². The van der Waals surface area contributed by atoms with Crippen molar-refractivity contribution in [2.45, 2.75) is 13.0 Å². The predicted octanol–water partition coefficient (Wildman–Crippen LogP) is 4.94. The topological polar surface area (TPSA) is 105 Å². The normalized spacial score (nSPS) is 16.7. The first-order chi connectivity index (χ1) is 17.3. The minimum atomic E-state index is -0.927. The maximum Gasteiger partial charge on any atom is 0.300 e. The fourth-order valence-electron chi connectivity index (χ4n) is 4.15. The minimum absolute atomic E-state index is 0.111. The van der Waals surface area contributed by atoms with Gasteiger partial charge in [0.25, 0.3) is 11.7 Å². The van der Waals surface area contributed by atoms with Gasteiger partial charge in [0.05, 0.1) is 36.4 Å². The summed E-state index contributed by atoms with van der Waals surface area (Å²) in [6.07, 6.45) is 0. The molecule has 8 nitrogen and oxygen atoms in total. The molecule has 1 aliphatic heterocycles. The van der Waals surface area contributed by atoms with Crippen molar-refractivity contribution < 1.29 is 29.0 Å². The molecule has 0 aromatic heterocycles. The van der Waals surface area contributed by atoms with Gasteiger partial charge in [-0.1, -0.05) is 41.9 Å². The van der Waals surface area contributed by atoms with E-state index in [9.17, 15) is 19.5 Å². The van der Waals surface area contributed by atoms with E-state index in [-0.39, 0.29) is 33.6 Å². The molecule has 3 aromatic carbocycles. The van der Waals surface area contributed by atoms with E-state index in [2.05, 4.69) is 5.32 Å². The molecule has 184 valence electrons. The summed E-state index contributed by atoms with van der Waals surface area (Å²) >= 11 is 6.21. The molecule has 1 aliphatic rings. The molecule has 1 saturated heterocycles. The van der Waals surface area contributed by atoms with Gasteiger partial charge >= 0.3 is 0 Å². The smallest absolute Gasteiger partial charge is 0.300 e. The summed E-state index contributed by atoms with van der Waals surface area (Å²) in [7, 11) is 2.82. The van der Waals surface area contributed by atoms with Crippen LogP contribution in [0.15, 0.2) is 72.3 Å². The van der Waals surface area contributed by atoms with Gasteiger partial charge in [-0.3, -0.25) is 19.3 Å². The van der Waals surface area contributed by atoms with Crippen LogP contribution in [0.1, 0.15) is 24.1 Å². The Kier molecular flexibility index (Phi) is 6.98. The van der Waals surface area contributed by atoms with Gasteiger partial charge in [0.2, 0.25) is 5.91 Å². The highest BCUT2D eigenvalue weighted by Crippen LogP contribution is 2.44. The summed E-state index contributed by atoms with van der Waals surface area (Å²) in [5, 5.41) is 14.3. The number of nitrogens with one attached hydrogen (secondary N) is 1. The lowest BCUT2D eigenvalue weighted by Gasteiger charge is -2.25. The number of anilines is 2. The Morgan fingerprint density at radius 3 is 2.19 bits per heavy atom. The van der Waals surface area contributed by atoms with Crippen LogP contribution in [-0.2, 0) is 14.4 Å². The number of hydrogen-bond acceptors (Lipinski definition) is 6. The van der Waals surface area contributed by atoms with Crippen molar-refractivity contribution in [3.8, 4) is 11.5 Å². The van der Waals surface area contributed by atoms with E-state index >= 15 is 0 Å². The molecule has 0 saturated carbocycles. The molecule has 1 atom stereocenters. The molecule has 0 spiro atoms. The number of carbonyl (C=O) groups excluding carboxylic acids is 3. The van der Waals surface area contributed by atoms with Crippen LogP contribution in [0.5, 0.6) is 11.5 Å². The number of nitrogens with zero attached hydrogens (tertiary/aromatic N) is 1. The van der Waals surface area contributed by atoms with Gasteiger partial charge in [0.1, 0.15) is 17.3 Å². The van der Waals surface area contributed by atoms with Gasteiger partial charge in [0.15, 0.2) is 0 Å². The summed E-state index contributed by atoms with van der Waals surface area (Å²) in [5.74, 6) is -1.86. The average molecular weight is 507 g/mol. The summed E-state index contributed by atoms with van der Waals surface area (Å²) < 4.78 is 10.7. The highest BCUT2D eigenvalue weighted by atomic mass is 35.5. The summed E-state index contributed by atoms with van der Waals surface area (Å²) in [6.45, 7) is 1.39. The molecule has 4 rings (SSSR count). The average Bonchev–Trinajstić information content (AvgIpc) is 3.14. The van der Waals surface area contributed by atoms with Crippen LogP contribution >= 0.6 is 11.6 Å². The van der Waals surface area contributed by atoms with E-state index < -0.39 is 23.5 Å². The van der Waals surface area contributed by atoms with Gasteiger partial charge in [-0.2, -0.15) is 0 Å². The van der Waals surface area contributed by atoms with E-state index in [1.807, 2.05) is 6.07 Å². The number of benzene rings is 3. The second-order valence-electron chi connectivity index (χ2n) is 7.99. The summed E-state index contributed by atoms with van der Waals surface area (Å²) in [4.78, 5) is 39.4. The minimum Gasteiger partial charge on any atom is -0.507 e. The largest absolute Gasteiger partial charge is 0.507 e. The molecular formula is C27H23ClN2O6. The number of rotatable bonds is 6. The Morgan fingerprint density at radius 2 is 1.61 bits per heavy atom. The van der Waals surface area contributed by atoms with Gasteiger partial charge in [-0.05, 0) is 35.9 Å². The van der Waals surface area contributed by atoms with E-state index in [0.717, 1.165) is 0 Å². The van der Waals surface area contributed by atoms with Crippen molar-refractivity contribution in [1.82, 2.24) is 0 Å². The Balaban J connectivity index is 1.92. The zero-order valence-electron chi connectivity index (χ0n) is 19.7. The Labute approximate surface area is 212 Å². The zero-order chi connectivity index (χ0) is 26.0. The lowest BCUT2D eigenvalue weighted by atomic mass is 9.94. The number of methoxy groups -OCH3 is 2. The molecule has 1 fully saturated rings. The number of halogens is 1. The Morgan fingerprint density at radius 1 is 0.972 bits per heavy atom. The molecule has 0 radical (unpaired) electrons. The molecule has 1 heterocycles. The quantitative estimate of drug-likeness (QED) is 0.279. The first-order valence-electron chi connectivity index (χ1n) is 10.9. The maximum absolute atomic E-state index is 13.4. The van der Waals surface area contributed by atoms with Crippen LogP contribution in [0.3, 0.4) is 0 Å². The van der Waals surface area contributed by atoms with Gasteiger partial charge < -0.3 is 19.9 Å². The van der Waals surface area contributed by atoms with Gasteiger partial charge in [-0.15, -0.1) is 0 Å². The van der Waals surface area contributed by atoms with Crippen LogP contribution in [0.2, 0.25) is 5.02 Å². The van der Waals surface area contributed by atoms with Crippen molar-refractivity contribution in [3.05, 3.63) is 88.5 Å². The van der Waals surface area contributed by atoms with Crippen molar-refractivity contribution in [2.24, 2.45) is 0 Å². The Bertz CT molecular complexity index is 1370. The summed E-state index contributed by atoms with van der Waals surface area (Å²) in [6, 6.07) is 17.4. The molecule has 0 bridgehead atoms. The fraction of sp³-hybridized carbons (Fsp3) is 0.148. The fourth-order valence-corrected chi connectivity index (χ4v) is 4.38. The monoisotopic (exact) mass is 506 g/mol. The van der Waals surface area contributed by atoms with Gasteiger partial charge in [-0.25, -0.2) is 0 Å². The third-order valence-corrected chi connectivity index (χ3v) is 6.05. The van der Waals surface area contributed by atoms with Crippen molar-refractivity contribution in [2.75, 3.05) is 24.4 Å². The second kappa shape index (κ2) is 10.1. The number of carbonyl (C=O) groups is 3. The second-order valence-corrected chi connectivity index (χ2v) is 8.40. The maximum atomic E-state index is 13.4. The van der Waals surface area contributed by atoms with Crippen LogP contribution in [0, 0.1) is 0 Å². The molecular weight excluding hydrogens is 484 g/mol. The lowest BCUT2D eigenvalue weighted by molar-refractivity contribution is -0.132. The number of Topliss-reactive ketones (excluding diaryl/α,β-unsaturated/α-hetero) is 1. The number of aliphatic hydroxyl groups excluding tert-OH is 1. The third-order valence-electron chi connectivity index (χ3n) is 5.75. The van der Waals surface area contributed by atoms with Crippen LogP contribution in [0.25, 0.3) is 5.76 Å². The first kappa shape index (κ1) is 24.8. The van der Waals surface area contributed by atoms with Crippen molar-refractivity contribution >= 4 is 46.3 Å². The molecule has 2 amide bonds. The summed E-state index contributed by atoms with van der Waals surface area (Å²) in [5.41, 5.74) is 1.61. The van der Waals surface area contributed by atoms with E-state index in [0.29, 0.717) is 16.9 Å². The molecule has 0 aliphatic carbocycles. The van der Waals surface area contributed by atoms with Crippen LogP contribution in [-0.4, -0.2) is 36.9 Å². The first-order valence-corrected chi connectivity index (χ1v) is 11.3. The van der Waals surface area contributed by atoms with Gasteiger partial charge in [0, 0.05) is 24.4 Å². The van der Waals surface area contributed by atoms with Crippen molar-refractivity contribution in [3.63, 3.8) is 0 Å². The van der Waals surface area contributed by atoms with Crippen LogP contribution in [0.4, 0.5) is 11.4 Å². The van der Waals surface area contributed by atoms with E-state index in [4.69, 9.17) is 21.1 Å². The molecule has 3 aromatic rings. The number of ketones is 1. The number of amides is 2. The SMILES string of the molecule is COc1cc(/C(O)=C2\C(=O)C(=O)N(c3ccc(NC(C)=O)cc3)C2c2ccccc2)c(OC)cc1Cl. The molecule has 2 N–H and O–H groups in total. The number of hydrogen-bond donors (Lipinski definition) is 2. The molecule has 1 unspecified atom stereocenters. The van der Waals surface area contributed by atoms with E-state index in [1.54, 1.807) is 48.5 Å². The standard InChI is InChI=1S/C27H23ClN2O6/c1-15(31)29-17-9-11-18(12-10-17)30-24(16-7-5-4-6-8-16)23(26(33)27(30)34)25(32)19-13-22(36-3)20(28)14-21(19)35-2/h4-14,24,32H,1-3H3,(H,29,31)/b25-23+. The zero-order valence-corrected chi connectivity index (χ0v) is 20.5. The highest BCUT2D eigenvalue weighted by molar-refractivity contribution is 6.51. The lowest BCUT2D eigenvalue weighted by Crippen LogP contribution is -2.29. The molecule has 36 heavy (non-hydrogen) atoms. The Hall–Kier alpha value is -4.30. The third kappa shape index (κ3) is 4.50.